The van der Waals surface area contributed by atoms with E-state index in [0.29, 0.717) is 0 Å². The van der Waals surface area contributed by atoms with E-state index in [4.69, 9.17) is 14.6 Å². The SMILES string of the molecule is Cc1c(COC2OC(C(=O)O)C(O)C(O)C2O)cccc1[C@H](C)c1cn(C)cn1. The first-order valence-corrected chi connectivity index (χ1v) is 9.31. The number of aliphatic hydroxyl groups is 3. The van der Waals surface area contributed by atoms with E-state index in [0.717, 1.165) is 22.4 Å². The standard InChI is InChI=1S/C20H26N2O7/c1-10-12(5-4-6-13(10)11(2)14-7-22(3)9-21-14)8-28-20-17(25)15(23)16(24)18(29-20)19(26)27/h4-7,9,11,15-18,20,23-25H,8H2,1-3H3,(H,26,27)/t11-,15?,16?,17?,18?,20?/m0/s1. The van der Waals surface area contributed by atoms with Crippen molar-refractivity contribution in [1.82, 2.24) is 9.55 Å². The van der Waals surface area contributed by atoms with E-state index < -0.39 is 36.7 Å². The normalized spacial score (nSPS) is 28.3. The van der Waals surface area contributed by atoms with Gasteiger partial charge in [-0.15, -0.1) is 0 Å². The summed E-state index contributed by atoms with van der Waals surface area (Å²) < 4.78 is 12.6. The van der Waals surface area contributed by atoms with Gasteiger partial charge in [-0.1, -0.05) is 25.1 Å². The van der Waals surface area contributed by atoms with E-state index in [2.05, 4.69) is 11.9 Å². The number of carbonyl (C=O) groups is 1. The summed E-state index contributed by atoms with van der Waals surface area (Å²) in [6.45, 7) is 4.04. The summed E-state index contributed by atoms with van der Waals surface area (Å²) in [6.07, 6.45) is -4.37. The number of carboxylic acids is 1. The minimum absolute atomic E-state index is 0.0332. The monoisotopic (exact) mass is 406 g/mol. The number of ether oxygens (including phenoxy) is 2. The molecule has 5 unspecified atom stereocenters. The average Bonchev–Trinajstić information content (AvgIpc) is 3.12. The van der Waals surface area contributed by atoms with Gasteiger partial charge in [0.25, 0.3) is 0 Å². The number of aliphatic hydroxyl groups excluding tert-OH is 3. The minimum atomic E-state index is -1.74. The van der Waals surface area contributed by atoms with Gasteiger partial charge in [0.05, 0.1) is 18.6 Å². The fourth-order valence-corrected chi connectivity index (χ4v) is 3.51. The predicted octanol–water partition coefficient (Wildman–Crippen LogP) is 0.289. The topological polar surface area (TPSA) is 134 Å². The third-order valence-corrected chi connectivity index (χ3v) is 5.34. The molecular weight excluding hydrogens is 380 g/mol. The predicted molar refractivity (Wildman–Crippen MR) is 101 cm³/mol. The lowest BCUT2D eigenvalue weighted by Gasteiger charge is -2.38. The fourth-order valence-electron chi connectivity index (χ4n) is 3.51. The molecule has 1 aromatic heterocycles. The number of hydrogen-bond donors (Lipinski definition) is 4. The number of hydrogen-bond acceptors (Lipinski definition) is 7. The molecule has 0 amide bonds. The van der Waals surface area contributed by atoms with Crippen molar-refractivity contribution in [3.05, 3.63) is 53.1 Å². The lowest BCUT2D eigenvalue weighted by Crippen LogP contribution is -2.60. The van der Waals surface area contributed by atoms with Crippen molar-refractivity contribution in [1.29, 1.82) is 0 Å². The Labute approximate surface area is 168 Å². The van der Waals surface area contributed by atoms with E-state index in [1.165, 1.54) is 0 Å². The molecule has 2 heterocycles. The van der Waals surface area contributed by atoms with E-state index in [9.17, 15) is 20.1 Å². The lowest BCUT2D eigenvalue weighted by molar-refractivity contribution is -0.297. The summed E-state index contributed by atoms with van der Waals surface area (Å²) in [5, 5.41) is 38.9. The summed E-state index contributed by atoms with van der Waals surface area (Å²) in [4.78, 5) is 15.6. The molecule has 0 aliphatic carbocycles. The van der Waals surface area contributed by atoms with Gasteiger partial charge in [0.2, 0.25) is 0 Å². The van der Waals surface area contributed by atoms with Crippen LogP contribution in [0.15, 0.2) is 30.7 Å². The number of aliphatic carboxylic acids is 1. The molecule has 1 aromatic carbocycles. The van der Waals surface area contributed by atoms with Gasteiger partial charge in [-0.05, 0) is 23.6 Å². The van der Waals surface area contributed by atoms with Crippen LogP contribution in [0.5, 0.6) is 0 Å². The van der Waals surface area contributed by atoms with Crippen LogP contribution in [0.25, 0.3) is 0 Å². The maximum Gasteiger partial charge on any atom is 0.335 e. The van der Waals surface area contributed by atoms with E-state index in [1.54, 1.807) is 6.33 Å². The van der Waals surface area contributed by atoms with E-state index >= 15 is 0 Å². The van der Waals surface area contributed by atoms with Gasteiger partial charge in [0.15, 0.2) is 12.4 Å². The zero-order chi connectivity index (χ0) is 21.3. The summed E-state index contributed by atoms with van der Waals surface area (Å²) >= 11 is 0. The van der Waals surface area contributed by atoms with Crippen molar-refractivity contribution in [2.75, 3.05) is 0 Å². The molecule has 0 bridgehead atoms. The highest BCUT2D eigenvalue weighted by Gasteiger charge is 2.47. The maximum absolute atomic E-state index is 11.2. The highest BCUT2D eigenvalue weighted by Crippen LogP contribution is 2.29. The van der Waals surface area contributed by atoms with Crippen LogP contribution >= 0.6 is 0 Å². The molecule has 1 aliphatic rings. The number of benzene rings is 1. The van der Waals surface area contributed by atoms with Gasteiger partial charge in [0.1, 0.15) is 18.3 Å². The van der Waals surface area contributed by atoms with Crippen LogP contribution in [0.2, 0.25) is 0 Å². The number of imidazole rings is 1. The molecule has 1 saturated heterocycles. The Bertz CT molecular complexity index is 868. The minimum Gasteiger partial charge on any atom is -0.479 e. The number of rotatable bonds is 6. The molecule has 29 heavy (non-hydrogen) atoms. The van der Waals surface area contributed by atoms with Gasteiger partial charge in [-0.3, -0.25) is 0 Å². The summed E-state index contributed by atoms with van der Waals surface area (Å²) in [7, 11) is 1.91. The zero-order valence-corrected chi connectivity index (χ0v) is 16.5. The van der Waals surface area contributed by atoms with Crippen molar-refractivity contribution < 1.29 is 34.7 Å². The Morgan fingerprint density at radius 3 is 2.62 bits per heavy atom. The van der Waals surface area contributed by atoms with Gasteiger partial charge >= 0.3 is 5.97 Å². The quantitative estimate of drug-likeness (QED) is 0.538. The van der Waals surface area contributed by atoms with Crippen LogP contribution in [0.1, 0.15) is 35.2 Å². The van der Waals surface area contributed by atoms with Crippen molar-refractivity contribution in [3.63, 3.8) is 0 Å². The van der Waals surface area contributed by atoms with Crippen molar-refractivity contribution >= 4 is 5.97 Å². The molecule has 0 saturated carbocycles. The van der Waals surface area contributed by atoms with Crippen LogP contribution in [0.3, 0.4) is 0 Å². The Balaban J connectivity index is 1.74. The molecule has 0 radical (unpaired) electrons. The van der Waals surface area contributed by atoms with Crippen LogP contribution < -0.4 is 0 Å². The molecule has 6 atom stereocenters. The third-order valence-electron chi connectivity index (χ3n) is 5.34. The van der Waals surface area contributed by atoms with E-state index in [-0.39, 0.29) is 12.5 Å². The molecular formula is C20H26N2O7. The molecule has 158 valence electrons. The molecule has 1 aliphatic heterocycles. The van der Waals surface area contributed by atoms with Crippen molar-refractivity contribution in [2.24, 2.45) is 7.05 Å². The number of aromatic nitrogens is 2. The second kappa shape index (κ2) is 8.60. The zero-order valence-electron chi connectivity index (χ0n) is 16.5. The Hall–Kier alpha value is -2.30. The van der Waals surface area contributed by atoms with Crippen LogP contribution in [0.4, 0.5) is 0 Å². The average molecular weight is 406 g/mol. The van der Waals surface area contributed by atoms with E-state index in [1.807, 2.05) is 42.9 Å². The molecule has 3 rings (SSSR count). The molecule has 2 aromatic rings. The van der Waals surface area contributed by atoms with Gasteiger partial charge in [0, 0.05) is 19.2 Å². The van der Waals surface area contributed by atoms with Gasteiger partial charge < -0.3 is 34.5 Å². The largest absolute Gasteiger partial charge is 0.479 e. The fraction of sp³-hybridized carbons (Fsp3) is 0.500. The number of aryl methyl sites for hydroxylation is 1. The second-order valence-corrected chi connectivity index (χ2v) is 7.36. The van der Waals surface area contributed by atoms with Crippen LogP contribution in [-0.4, -0.2) is 66.7 Å². The summed E-state index contributed by atoms with van der Waals surface area (Å²) in [5.74, 6) is -1.39. The lowest BCUT2D eigenvalue weighted by atomic mass is 9.91. The molecule has 4 N–H and O–H groups in total. The number of carboxylic acid groups (broad SMARTS) is 1. The number of nitrogens with zero attached hydrogens (tertiary/aromatic N) is 2. The molecule has 1 fully saturated rings. The Kier molecular flexibility index (Phi) is 6.35. The third kappa shape index (κ3) is 4.34. The summed E-state index contributed by atoms with van der Waals surface area (Å²) in [6, 6.07) is 5.75. The first-order valence-electron chi connectivity index (χ1n) is 9.31. The highest BCUT2D eigenvalue weighted by molar-refractivity contribution is 5.73. The van der Waals surface area contributed by atoms with Crippen molar-refractivity contribution in [3.8, 4) is 0 Å². The second-order valence-electron chi connectivity index (χ2n) is 7.36. The molecule has 0 spiro atoms. The first-order chi connectivity index (χ1) is 13.7. The van der Waals surface area contributed by atoms with Crippen molar-refractivity contribution in [2.45, 2.75) is 57.1 Å². The smallest absolute Gasteiger partial charge is 0.335 e. The highest BCUT2D eigenvalue weighted by atomic mass is 16.7. The molecule has 9 heteroatoms. The van der Waals surface area contributed by atoms with Crippen LogP contribution in [-0.2, 0) is 27.9 Å². The van der Waals surface area contributed by atoms with Gasteiger partial charge in [-0.25, -0.2) is 9.78 Å². The Morgan fingerprint density at radius 1 is 1.28 bits per heavy atom. The van der Waals surface area contributed by atoms with Gasteiger partial charge in [-0.2, -0.15) is 0 Å². The first kappa shape index (κ1) is 21.4. The van der Waals surface area contributed by atoms with Crippen LogP contribution in [0, 0.1) is 6.92 Å². The summed E-state index contributed by atoms with van der Waals surface area (Å²) in [5.41, 5.74) is 3.80. The Morgan fingerprint density at radius 2 is 2.00 bits per heavy atom. The molecule has 9 nitrogen and oxygen atoms in total. The maximum atomic E-state index is 11.2.